The predicted molar refractivity (Wildman–Crippen MR) is 79.1 cm³/mol. The first kappa shape index (κ1) is 13.4. The maximum absolute atomic E-state index is 11.3. The van der Waals surface area contributed by atoms with Crippen LogP contribution in [0.2, 0.25) is 0 Å². The number of hydrogen-bond acceptors (Lipinski definition) is 3. The second-order valence-corrected chi connectivity index (χ2v) is 5.08. The fourth-order valence-corrected chi connectivity index (χ4v) is 2.43. The van der Waals surface area contributed by atoms with Crippen molar-refractivity contribution in [1.82, 2.24) is 0 Å². The first-order chi connectivity index (χ1) is 9.20. The van der Waals surface area contributed by atoms with E-state index in [1.54, 1.807) is 23.9 Å². The maximum Gasteiger partial charge on any atom is 0.337 e. The van der Waals surface area contributed by atoms with Crippen LogP contribution in [0.25, 0.3) is 4.91 Å². The molecular weight excluding hydrogens is 256 g/mol. The number of hydrogen-bond donors (Lipinski definition) is 0. The van der Waals surface area contributed by atoms with Gasteiger partial charge in [-0.05, 0) is 29.8 Å². The Bertz CT molecular complexity index is 573. The van der Waals surface area contributed by atoms with Crippen LogP contribution in [0.4, 0.5) is 0 Å². The molecule has 2 aromatic rings. The van der Waals surface area contributed by atoms with Crippen LogP contribution in [0.3, 0.4) is 0 Å². The lowest BCUT2D eigenvalue weighted by Gasteiger charge is -2.06. The van der Waals surface area contributed by atoms with E-state index in [1.165, 1.54) is 7.11 Å². The average Bonchev–Trinajstić information content (AvgIpc) is 2.47. The van der Waals surface area contributed by atoms with Crippen LogP contribution in [0, 0.1) is 0 Å². The largest absolute Gasteiger partial charge is 0.465 e. The molecule has 0 radical (unpaired) electrons. The summed E-state index contributed by atoms with van der Waals surface area (Å²) in [6, 6.07) is 17.3. The van der Waals surface area contributed by atoms with Gasteiger partial charge in [-0.1, -0.05) is 48.7 Å². The molecule has 0 aliphatic carbocycles. The Morgan fingerprint density at radius 2 is 1.58 bits per heavy atom. The highest BCUT2D eigenvalue weighted by atomic mass is 32.2. The standard InChI is InChI=1S/C16H14O2S/c1-12(19-15-6-4-3-5-7-15)13-8-10-14(11-9-13)16(17)18-2/h3-11H,1H2,2H3. The SMILES string of the molecule is C=C(Sc1ccccc1)c1ccc(C(=O)OC)cc1. The molecule has 0 amide bonds. The van der Waals surface area contributed by atoms with Crippen LogP contribution in [-0.2, 0) is 4.74 Å². The Morgan fingerprint density at radius 3 is 2.16 bits per heavy atom. The molecule has 0 aliphatic heterocycles. The van der Waals surface area contributed by atoms with Gasteiger partial charge in [0.05, 0.1) is 12.7 Å². The number of rotatable bonds is 4. The summed E-state index contributed by atoms with van der Waals surface area (Å²) in [5.41, 5.74) is 1.55. The molecule has 0 saturated heterocycles. The molecule has 2 rings (SSSR count). The Hall–Kier alpha value is -2.00. The number of methoxy groups -OCH3 is 1. The molecule has 0 aliphatic rings. The molecule has 96 valence electrons. The monoisotopic (exact) mass is 270 g/mol. The molecule has 19 heavy (non-hydrogen) atoms. The van der Waals surface area contributed by atoms with Gasteiger partial charge in [-0.15, -0.1) is 0 Å². The number of carbonyl (C=O) groups excluding carboxylic acids is 1. The number of carbonyl (C=O) groups is 1. The van der Waals surface area contributed by atoms with Crippen LogP contribution >= 0.6 is 11.8 Å². The van der Waals surface area contributed by atoms with Gasteiger partial charge < -0.3 is 4.74 Å². The Kier molecular flexibility index (Phi) is 4.42. The zero-order valence-electron chi connectivity index (χ0n) is 10.6. The van der Waals surface area contributed by atoms with Crippen molar-refractivity contribution in [2.75, 3.05) is 7.11 Å². The van der Waals surface area contributed by atoms with E-state index < -0.39 is 0 Å². The highest BCUT2D eigenvalue weighted by Crippen LogP contribution is 2.32. The molecule has 0 aromatic heterocycles. The van der Waals surface area contributed by atoms with Gasteiger partial charge in [0.25, 0.3) is 0 Å². The van der Waals surface area contributed by atoms with Crippen molar-refractivity contribution in [1.29, 1.82) is 0 Å². The number of esters is 1. The van der Waals surface area contributed by atoms with Gasteiger partial charge in [-0.2, -0.15) is 0 Å². The molecule has 2 nitrogen and oxygen atoms in total. The lowest BCUT2D eigenvalue weighted by atomic mass is 10.1. The van der Waals surface area contributed by atoms with Crippen molar-refractivity contribution in [3.8, 4) is 0 Å². The van der Waals surface area contributed by atoms with Crippen LogP contribution in [-0.4, -0.2) is 13.1 Å². The minimum absolute atomic E-state index is 0.326. The minimum atomic E-state index is -0.326. The minimum Gasteiger partial charge on any atom is -0.465 e. The van der Waals surface area contributed by atoms with Gasteiger partial charge in [-0.25, -0.2) is 4.79 Å². The normalized spacial score (nSPS) is 9.95. The third kappa shape index (κ3) is 3.48. The topological polar surface area (TPSA) is 26.3 Å². The van der Waals surface area contributed by atoms with Crippen LogP contribution in [0.5, 0.6) is 0 Å². The van der Waals surface area contributed by atoms with E-state index in [9.17, 15) is 4.79 Å². The highest BCUT2D eigenvalue weighted by molar-refractivity contribution is 8.08. The molecule has 2 aromatic carbocycles. The quantitative estimate of drug-likeness (QED) is 0.614. The average molecular weight is 270 g/mol. The molecule has 0 saturated carbocycles. The van der Waals surface area contributed by atoms with Crippen LogP contribution in [0.1, 0.15) is 15.9 Å². The molecule has 0 fully saturated rings. The fourth-order valence-electron chi connectivity index (χ4n) is 1.60. The summed E-state index contributed by atoms with van der Waals surface area (Å²) in [5, 5.41) is 0. The Balaban J connectivity index is 2.10. The van der Waals surface area contributed by atoms with Crippen LogP contribution in [0.15, 0.2) is 66.1 Å². The van der Waals surface area contributed by atoms with Gasteiger partial charge in [-0.3, -0.25) is 0 Å². The van der Waals surface area contributed by atoms with E-state index in [0.717, 1.165) is 15.4 Å². The molecular formula is C16H14O2S. The number of thioether (sulfide) groups is 1. The first-order valence-electron chi connectivity index (χ1n) is 5.81. The molecule has 0 spiro atoms. The molecule has 0 bridgehead atoms. The van der Waals surface area contributed by atoms with Gasteiger partial charge in [0.15, 0.2) is 0 Å². The van der Waals surface area contributed by atoms with E-state index in [-0.39, 0.29) is 5.97 Å². The fraction of sp³-hybridized carbons (Fsp3) is 0.0625. The first-order valence-corrected chi connectivity index (χ1v) is 6.63. The second-order valence-electron chi connectivity index (χ2n) is 3.91. The van der Waals surface area contributed by atoms with Gasteiger partial charge in [0, 0.05) is 9.80 Å². The summed E-state index contributed by atoms with van der Waals surface area (Å²) in [5.74, 6) is -0.326. The smallest absolute Gasteiger partial charge is 0.337 e. The summed E-state index contributed by atoms with van der Waals surface area (Å²) in [6.07, 6.45) is 0. The van der Waals surface area contributed by atoms with Crippen molar-refractivity contribution < 1.29 is 9.53 Å². The maximum atomic E-state index is 11.3. The summed E-state index contributed by atoms with van der Waals surface area (Å²) < 4.78 is 4.67. The highest BCUT2D eigenvalue weighted by Gasteiger charge is 2.06. The van der Waals surface area contributed by atoms with E-state index in [0.29, 0.717) is 5.56 Å². The number of ether oxygens (including phenoxy) is 1. The van der Waals surface area contributed by atoms with E-state index >= 15 is 0 Å². The van der Waals surface area contributed by atoms with E-state index in [4.69, 9.17) is 0 Å². The Labute approximate surface area is 117 Å². The van der Waals surface area contributed by atoms with Crippen molar-refractivity contribution >= 4 is 22.6 Å². The lowest BCUT2D eigenvalue weighted by molar-refractivity contribution is 0.0601. The molecule has 0 heterocycles. The number of benzene rings is 2. The predicted octanol–water partition coefficient (Wildman–Crippen LogP) is 4.24. The van der Waals surface area contributed by atoms with E-state index in [1.807, 2.05) is 42.5 Å². The summed E-state index contributed by atoms with van der Waals surface area (Å²) in [6.45, 7) is 4.06. The third-order valence-corrected chi connectivity index (χ3v) is 3.60. The van der Waals surface area contributed by atoms with Crippen molar-refractivity contribution in [2.24, 2.45) is 0 Å². The summed E-state index contributed by atoms with van der Waals surface area (Å²) in [4.78, 5) is 13.4. The van der Waals surface area contributed by atoms with E-state index in [2.05, 4.69) is 11.3 Å². The zero-order chi connectivity index (χ0) is 13.7. The summed E-state index contributed by atoms with van der Waals surface area (Å²) in [7, 11) is 1.38. The third-order valence-electron chi connectivity index (χ3n) is 2.61. The summed E-state index contributed by atoms with van der Waals surface area (Å²) >= 11 is 1.61. The van der Waals surface area contributed by atoms with Crippen molar-refractivity contribution in [2.45, 2.75) is 4.90 Å². The van der Waals surface area contributed by atoms with Gasteiger partial charge in [0.1, 0.15) is 0 Å². The molecule has 0 unspecified atom stereocenters. The molecule has 0 atom stereocenters. The van der Waals surface area contributed by atoms with Gasteiger partial charge in [0.2, 0.25) is 0 Å². The molecule has 0 N–H and O–H groups in total. The Morgan fingerprint density at radius 1 is 1.00 bits per heavy atom. The van der Waals surface area contributed by atoms with Gasteiger partial charge >= 0.3 is 5.97 Å². The van der Waals surface area contributed by atoms with Crippen LogP contribution < -0.4 is 0 Å². The molecule has 3 heteroatoms. The van der Waals surface area contributed by atoms with Crippen molar-refractivity contribution in [3.05, 3.63) is 72.3 Å². The zero-order valence-corrected chi connectivity index (χ0v) is 11.4. The second kappa shape index (κ2) is 6.25. The lowest BCUT2D eigenvalue weighted by Crippen LogP contribution is -2.00. The van der Waals surface area contributed by atoms with Crippen molar-refractivity contribution in [3.63, 3.8) is 0 Å².